The Morgan fingerprint density at radius 1 is 1.64 bits per heavy atom. The van der Waals surface area contributed by atoms with Gasteiger partial charge in [-0.1, -0.05) is 0 Å². The summed E-state index contributed by atoms with van der Waals surface area (Å²) in [5.41, 5.74) is 0. The zero-order valence-electron chi connectivity index (χ0n) is 5.72. The predicted molar refractivity (Wildman–Crippen MR) is 31.3 cm³/mol. The molecule has 0 aliphatic carbocycles. The maximum Gasteiger partial charge on any atom is 0.355 e. The fraction of sp³-hybridized carbons (Fsp3) is 0.833. The van der Waals surface area contributed by atoms with E-state index >= 15 is 0 Å². The van der Waals surface area contributed by atoms with Crippen LogP contribution in [0, 0.1) is 5.92 Å². The highest BCUT2D eigenvalue weighted by atomic mass is 19.3. The first-order valence-electron chi connectivity index (χ1n) is 3.26. The third-order valence-corrected chi connectivity index (χ3v) is 1.63. The molecule has 1 saturated heterocycles. The van der Waals surface area contributed by atoms with Gasteiger partial charge in [-0.2, -0.15) is 8.78 Å². The summed E-state index contributed by atoms with van der Waals surface area (Å²) in [4.78, 5) is 10.2. The average molecular weight is 166 g/mol. The smallest absolute Gasteiger partial charge is 0.355 e. The highest BCUT2D eigenvalue weighted by Crippen LogP contribution is 2.30. The summed E-state index contributed by atoms with van der Waals surface area (Å²) in [7, 11) is 0. The van der Waals surface area contributed by atoms with Gasteiger partial charge in [0.05, 0.1) is 12.5 Å². The number of halogens is 2. The molecule has 0 unspecified atom stereocenters. The number of hydrogen-bond donors (Lipinski definition) is 1. The van der Waals surface area contributed by atoms with E-state index in [2.05, 4.69) is 4.74 Å². The van der Waals surface area contributed by atoms with E-state index in [0.29, 0.717) is 0 Å². The van der Waals surface area contributed by atoms with Gasteiger partial charge in [0.25, 0.3) is 0 Å². The summed E-state index contributed by atoms with van der Waals surface area (Å²) >= 11 is 0. The first kappa shape index (κ1) is 8.39. The molecular weight excluding hydrogens is 158 g/mol. The molecule has 3 nitrogen and oxygen atoms in total. The Bertz CT molecular complexity index is 159. The van der Waals surface area contributed by atoms with Crippen LogP contribution in [0.25, 0.3) is 0 Å². The maximum absolute atomic E-state index is 12.2. The Morgan fingerprint density at radius 2 is 2.27 bits per heavy atom. The predicted octanol–water partition coefficient (Wildman–Crippen LogP) is 1.09. The number of carbonyl (C=O) groups is 1. The molecule has 5 heteroatoms. The summed E-state index contributed by atoms with van der Waals surface area (Å²) in [6.45, 7) is -0.387. The molecule has 64 valence electrons. The molecule has 1 rings (SSSR count). The lowest BCUT2D eigenvalue weighted by Gasteiger charge is -2.25. The molecule has 1 fully saturated rings. The Labute approximate surface area is 62.0 Å². The molecule has 0 radical (unpaired) electrons. The molecule has 0 aromatic rings. The van der Waals surface area contributed by atoms with Crippen molar-refractivity contribution >= 4 is 5.97 Å². The summed E-state index contributed by atoms with van der Waals surface area (Å²) in [5, 5.41) is 8.38. The van der Waals surface area contributed by atoms with Crippen LogP contribution in [0.1, 0.15) is 12.8 Å². The number of carboxylic acid groups (broad SMARTS) is 1. The van der Waals surface area contributed by atoms with E-state index in [1.165, 1.54) is 0 Å². The molecule has 0 bridgehead atoms. The summed E-state index contributed by atoms with van der Waals surface area (Å²) in [6, 6.07) is 0. The van der Waals surface area contributed by atoms with Crippen molar-refractivity contribution in [3.05, 3.63) is 0 Å². The first-order valence-corrected chi connectivity index (χ1v) is 3.26. The minimum absolute atomic E-state index is 0.0116. The minimum atomic E-state index is -3.12. The topological polar surface area (TPSA) is 46.5 Å². The molecule has 11 heavy (non-hydrogen) atoms. The zero-order chi connectivity index (χ0) is 8.48. The van der Waals surface area contributed by atoms with Crippen molar-refractivity contribution in [1.29, 1.82) is 0 Å². The minimum Gasteiger partial charge on any atom is -0.481 e. The lowest BCUT2D eigenvalue weighted by Crippen LogP contribution is -2.34. The Balaban J connectivity index is 2.42. The SMILES string of the molecule is O=C(O)[C@@H]1CCC(F)(F)OC1. The molecule has 0 amide bonds. The lowest BCUT2D eigenvalue weighted by atomic mass is 10.0. The normalized spacial score (nSPS) is 29.8. The fourth-order valence-corrected chi connectivity index (χ4v) is 0.915. The largest absolute Gasteiger partial charge is 0.481 e. The van der Waals surface area contributed by atoms with Gasteiger partial charge in [-0.25, -0.2) is 0 Å². The molecule has 1 aliphatic heterocycles. The third kappa shape index (κ3) is 2.11. The molecule has 1 atom stereocenters. The zero-order valence-corrected chi connectivity index (χ0v) is 5.72. The van der Waals surface area contributed by atoms with Gasteiger partial charge in [-0.05, 0) is 6.42 Å². The van der Waals surface area contributed by atoms with E-state index in [0.717, 1.165) is 0 Å². The van der Waals surface area contributed by atoms with Crippen LogP contribution < -0.4 is 0 Å². The molecular formula is C6H8F2O3. The highest BCUT2D eigenvalue weighted by Gasteiger charge is 2.38. The quantitative estimate of drug-likeness (QED) is 0.634. The number of ether oxygens (including phenoxy) is 1. The van der Waals surface area contributed by atoms with Crippen LogP contribution in [-0.2, 0) is 9.53 Å². The number of aliphatic carboxylic acids is 1. The van der Waals surface area contributed by atoms with Crippen LogP contribution in [-0.4, -0.2) is 23.8 Å². The molecule has 0 saturated carbocycles. The number of rotatable bonds is 1. The molecule has 1 N–H and O–H groups in total. The van der Waals surface area contributed by atoms with Gasteiger partial charge in [0.2, 0.25) is 0 Å². The maximum atomic E-state index is 12.2. The van der Waals surface area contributed by atoms with Crippen LogP contribution in [0.2, 0.25) is 0 Å². The monoisotopic (exact) mass is 166 g/mol. The van der Waals surface area contributed by atoms with E-state index in [-0.39, 0.29) is 13.0 Å². The van der Waals surface area contributed by atoms with Crippen LogP contribution >= 0.6 is 0 Å². The first-order chi connectivity index (χ1) is 5.01. The molecule has 0 aromatic heterocycles. The van der Waals surface area contributed by atoms with Crippen LogP contribution in [0.3, 0.4) is 0 Å². The van der Waals surface area contributed by atoms with Gasteiger partial charge < -0.3 is 9.84 Å². The van der Waals surface area contributed by atoms with Crippen molar-refractivity contribution in [1.82, 2.24) is 0 Å². The number of alkyl halides is 2. The Kier molecular flexibility index (Phi) is 2.08. The van der Waals surface area contributed by atoms with Crippen molar-refractivity contribution in [2.45, 2.75) is 19.0 Å². The van der Waals surface area contributed by atoms with Gasteiger partial charge in [0.1, 0.15) is 0 Å². The Hall–Kier alpha value is -0.710. The number of hydrogen-bond acceptors (Lipinski definition) is 2. The standard InChI is InChI=1S/C6H8F2O3/c7-6(8)2-1-4(3-11-6)5(9)10/h4H,1-3H2,(H,9,10)/t4-/m1/s1. The van der Waals surface area contributed by atoms with E-state index < -0.39 is 24.4 Å². The van der Waals surface area contributed by atoms with Gasteiger partial charge in [-0.3, -0.25) is 4.79 Å². The molecule has 1 heterocycles. The van der Waals surface area contributed by atoms with E-state index in [9.17, 15) is 13.6 Å². The third-order valence-electron chi connectivity index (χ3n) is 1.63. The van der Waals surface area contributed by atoms with Crippen molar-refractivity contribution in [3.8, 4) is 0 Å². The van der Waals surface area contributed by atoms with Crippen molar-refractivity contribution in [2.24, 2.45) is 5.92 Å². The highest BCUT2D eigenvalue weighted by molar-refractivity contribution is 5.70. The average Bonchev–Trinajstić information content (AvgIpc) is 1.86. The van der Waals surface area contributed by atoms with E-state index in [1.54, 1.807) is 0 Å². The fourth-order valence-electron chi connectivity index (χ4n) is 0.915. The van der Waals surface area contributed by atoms with Crippen molar-refractivity contribution in [3.63, 3.8) is 0 Å². The van der Waals surface area contributed by atoms with E-state index in [4.69, 9.17) is 5.11 Å². The second kappa shape index (κ2) is 2.73. The van der Waals surface area contributed by atoms with E-state index in [1.807, 2.05) is 0 Å². The molecule has 0 spiro atoms. The van der Waals surface area contributed by atoms with Crippen LogP contribution in [0.5, 0.6) is 0 Å². The lowest BCUT2D eigenvalue weighted by molar-refractivity contribution is -0.267. The van der Waals surface area contributed by atoms with Gasteiger partial charge in [0.15, 0.2) is 0 Å². The second-order valence-corrected chi connectivity index (χ2v) is 2.52. The molecule has 0 aromatic carbocycles. The van der Waals surface area contributed by atoms with Crippen molar-refractivity contribution in [2.75, 3.05) is 6.61 Å². The van der Waals surface area contributed by atoms with Gasteiger partial charge >= 0.3 is 12.1 Å². The second-order valence-electron chi connectivity index (χ2n) is 2.52. The van der Waals surface area contributed by atoms with Crippen LogP contribution in [0.4, 0.5) is 8.78 Å². The summed E-state index contributed by atoms with van der Waals surface area (Å²) in [5.74, 6) is -1.84. The van der Waals surface area contributed by atoms with Crippen molar-refractivity contribution < 1.29 is 23.4 Å². The summed E-state index contributed by atoms with van der Waals surface area (Å²) in [6.07, 6.45) is -3.63. The van der Waals surface area contributed by atoms with Gasteiger partial charge in [-0.15, -0.1) is 0 Å². The van der Waals surface area contributed by atoms with Crippen LogP contribution in [0.15, 0.2) is 0 Å². The summed E-state index contributed by atoms with van der Waals surface area (Å²) < 4.78 is 28.5. The number of carboxylic acids is 1. The Morgan fingerprint density at radius 3 is 2.64 bits per heavy atom. The van der Waals surface area contributed by atoms with Gasteiger partial charge in [0, 0.05) is 6.42 Å². The molecule has 1 aliphatic rings.